The fourth-order valence-corrected chi connectivity index (χ4v) is 3.35. The van der Waals surface area contributed by atoms with Crippen molar-refractivity contribution in [2.24, 2.45) is 0 Å². The molecular formula is C21H25N3O2. The monoisotopic (exact) mass is 351 g/mol. The zero-order chi connectivity index (χ0) is 17.8. The summed E-state index contributed by atoms with van der Waals surface area (Å²) in [6.07, 6.45) is 0.909. The van der Waals surface area contributed by atoms with Crippen LogP contribution in [0.3, 0.4) is 0 Å². The van der Waals surface area contributed by atoms with E-state index in [0.717, 1.165) is 50.7 Å². The molecule has 0 radical (unpaired) electrons. The lowest BCUT2D eigenvalue weighted by Crippen LogP contribution is -2.38. The largest absolute Gasteiger partial charge is 0.475 e. The quantitative estimate of drug-likeness (QED) is 0.683. The summed E-state index contributed by atoms with van der Waals surface area (Å²) in [5, 5.41) is 7.15. The van der Waals surface area contributed by atoms with E-state index in [1.54, 1.807) is 0 Å². The van der Waals surface area contributed by atoms with Crippen LogP contribution in [0, 0.1) is 0 Å². The Morgan fingerprint density at radius 3 is 2.65 bits per heavy atom. The highest BCUT2D eigenvalue weighted by Crippen LogP contribution is 2.22. The maximum atomic E-state index is 5.93. The molecule has 136 valence electrons. The third kappa shape index (κ3) is 3.74. The van der Waals surface area contributed by atoms with Gasteiger partial charge in [0.15, 0.2) is 0 Å². The molecule has 4 rings (SSSR count). The third-order valence-electron chi connectivity index (χ3n) is 4.86. The average Bonchev–Trinajstić information content (AvgIpc) is 3.12. The van der Waals surface area contributed by atoms with Gasteiger partial charge in [-0.1, -0.05) is 37.3 Å². The van der Waals surface area contributed by atoms with E-state index < -0.39 is 0 Å². The molecule has 1 aliphatic heterocycles. The number of benzene rings is 2. The van der Waals surface area contributed by atoms with Crippen LogP contribution in [0.15, 0.2) is 48.5 Å². The van der Waals surface area contributed by atoms with Gasteiger partial charge in [-0.3, -0.25) is 4.90 Å². The van der Waals surface area contributed by atoms with Gasteiger partial charge >= 0.3 is 0 Å². The van der Waals surface area contributed by atoms with Gasteiger partial charge in [0.05, 0.1) is 18.9 Å². The van der Waals surface area contributed by atoms with Crippen LogP contribution in [0.1, 0.15) is 12.6 Å². The summed E-state index contributed by atoms with van der Waals surface area (Å²) in [4.78, 5) is 2.37. The normalized spacial score (nSPS) is 15.4. The van der Waals surface area contributed by atoms with Gasteiger partial charge in [0.2, 0.25) is 5.88 Å². The second-order valence-corrected chi connectivity index (χ2v) is 6.57. The molecule has 0 spiro atoms. The minimum absolute atomic E-state index is 0.651. The minimum atomic E-state index is 0.651. The van der Waals surface area contributed by atoms with Gasteiger partial charge in [0, 0.05) is 31.4 Å². The Hall–Kier alpha value is -2.37. The smallest absolute Gasteiger partial charge is 0.233 e. The molecule has 2 aromatic carbocycles. The third-order valence-corrected chi connectivity index (χ3v) is 4.86. The molecule has 0 N–H and O–H groups in total. The molecule has 1 aromatic heterocycles. The van der Waals surface area contributed by atoms with Crippen molar-refractivity contribution < 1.29 is 9.47 Å². The number of aryl methyl sites for hydroxylation is 1. The Kier molecular flexibility index (Phi) is 5.18. The van der Waals surface area contributed by atoms with Gasteiger partial charge in [0.1, 0.15) is 6.61 Å². The van der Waals surface area contributed by atoms with Gasteiger partial charge in [0.25, 0.3) is 0 Å². The lowest BCUT2D eigenvalue weighted by Gasteiger charge is -2.26. The van der Waals surface area contributed by atoms with Crippen LogP contribution in [-0.4, -0.2) is 54.1 Å². The molecule has 3 aromatic rings. The van der Waals surface area contributed by atoms with Gasteiger partial charge in [-0.15, -0.1) is 5.10 Å². The minimum Gasteiger partial charge on any atom is -0.475 e. The van der Waals surface area contributed by atoms with Crippen LogP contribution in [0.4, 0.5) is 0 Å². The van der Waals surface area contributed by atoms with Crippen molar-refractivity contribution in [2.75, 3.05) is 39.5 Å². The maximum absolute atomic E-state index is 5.93. The maximum Gasteiger partial charge on any atom is 0.233 e. The van der Waals surface area contributed by atoms with Crippen molar-refractivity contribution in [1.82, 2.24) is 14.7 Å². The highest BCUT2D eigenvalue weighted by molar-refractivity contribution is 5.84. The van der Waals surface area contributed by atoms with Crippen LogP contribution in [0.25, 0.3) is 16.5 Å². The van der Waals surface area contributed by atoms with Crippen LogP contribution >= 0.6 is 0 Å². The van der Waals surface area contributed by atoms with Crippen molar-refractivity contribution in [3.63, 3.8) is 0 Å². The molecule has 5 heteroatoms. The SMILES string of the molecule is CCc1cc(OCCN2CCOCC2)nn1-c1ccc2ccccc2c1. The fourth-order valence-electron chi connectivity index (χ4n) is 3.35. The first kappa shape index (κ1) is 17.1. The van der Waals surface area contributed by atoms with Crippen LogP contribution in [0.2, 0.25) is 0 Å². The molecule has 0 atom stereocenters. The summed E-state index contributed by atoms with van der Waals surface area (Å²) >= 11 is 0. The number of aromatic nitrogens is 2. The number of hydrogen-bond acceptors (Lipinski definition) is 4. The number of nitrogens with zero attached hydrogens (tertiary/aromatic N) is 3. The molecule has 0 saturated carbocycles. The van der Waals surface area contributed by atoms with E-state index in [9.17, 15) is 0 Å². The van der Waals surface area contributed by atoms with Crippen LogP contribution in [-0.2, 0) is 11.2 Å². The van der Waals surface area contributed by atoms with Crippen molar-refractivity contribution in [3.05, 3.63) is 54.2 Å². The highest BCUT2D eigenvalue weighted by atomic mass is 16.5. The molecule has 0 amide bonds. The van der Waals surface area contributed by atoms with Gasteiger partial charge < -0.3 is 9.47 Å². The van der Waals surface area contributed by atoms with E-state index in [1.165, 1.54) is 10.8 Å². The molecule has 0 bridgehead atoms. The molecule has 1 aliphatic rings. The molecule has 1 saturated heterocycles. The Bertz CT molecular complexity index is 869. The first-order chi connectivity index (χ1) is 12.8. The lowest BCUT2D eigenvalue weighted by molar-refractivity contribution is 0.0320. The average molecular weight is 351 g/mol. The molecule has 0 unspecified atom stereocenters. The van der Waals surface area contributed by atoms with E-state index in [1.807, 2.05) is 4.68 Å². The number of morpholine rings is 1. The Morgan fingerprint density at radius 2 is 1.85 bits per heavy atom. The highest BCUT2D eigenvalue weighted by Gasteiger charge is 2.12. The zero-order valence-corrected chi connectivity index (χ0v) is 15.2. The number of hydrogen-bond donors (Lipinski definition) is 0. The molecule has 5 nitrogen and oxygen atoms in total. The van der Waals surface area contributed by atoms with Gasteiger partial charge in [-0.05, 0) is 29.3 Å². The van der Waals surface area contributed by atoms with E-state index >= 15 is 0 Å². The van der Waals surface area contributed by atoms with Crippen molar-refractivity contribution in [1.29, 1.82) is 0 Å². The summed E-state index contributed by atoms with van der Waals surface area (Å²) in [6.45, 7) is 7.30. The van der Waals surface area contributed by atoms with Gasteiger partial charge in [-0.2, -0.15) is 0 Å². The predicted molar refractivity (Wildman–Crippen MR) is 103 cm³/mol. The lowest BCUT2D eigenvalue weighted by atomic mass is 10.1. The molecule has 2 heterocycles. The summed E-state index contributed by atoms with van der Waals surface area (Å²) < 4.78 is 13.3. The number of fused-ring (bicyclic) bond motifs is 1. The topological polar surface area (TPSA) is 39.5 Å². The first-order valence-corrected chi connectivity index (χ1v) is 9.34. The van der Waals surface area contributed by atoms with Crippen molar-refractivity contribution >= 4 is 10.8 Å². The second-order valence-electron chi connectivity index (χ2n) is 6.57. The molecule has 0 aliphatic carbocycles. The Balaban J connectivity index is 1.49. The second kappa shape index (κ2) is 7.89. The van der Waals surface area contributed by atoms with Crippen LogP contribution in [0.5, 0.6) is 5.88 Å². The number of rotatable bonds is 6. The fraction of sp³-hybridized carbons (Fsp3) is 0.381. The Morgan fingerprint density at radius 1 is 1.04 bits per heavy atom. The summed E-state index contributed by atoms with van der Waals surface area (Å²) in [6, 6.07) is 16.9. The van der Waals surface area contributed by atoms with E-state index in [0.29, 0.717) is 12.5 Å². The molecule has 26 heavy (non-hydrogen) atoms. The van der Waals surface area contributed by atoms with Crippen molar-refractivity contribution in [2.45, 2.75) is 13.3 Å². The van der Waals surface area contributed by atoms with E-state index in [4.69, 9.17) is 14.6 Å². The standard InChI is InChI=1S/C21H25N3O2/c1-2-19-16-21(26-14-11-23-9-12-25-13-10-23)22-24(19)20-8-7-17-5-3-4-6-18(17)15-20/h3-8,15-16H,2,9-14H2,1H3. The first-order valence-electron chi connectivity index (χ1n) is 9.34. The van der Waals surface area contributed by atoms with Crippen LogP contribution < -0.4 is 4.74 Å². The number of ether oxygens (including phenoxy) is 2. The predicted octanol–water partition coefficient (Wildman–Crippen LogP) is 3.30. The molecular weight excluding hydrogens is 326 g/mol. The summed E-state index contributed by atoms with van der Waals surface area (Å²) in [5.41, 5.74) is 2.23. The van der Waals surface area contributed by atoms with Gasteiger partial charge in [-0.25, -0.2) is 4.68 Å². The molecule has 1 fully saturated rings. The zero-order valence-electron chi connectivity index (χ0n) is 15.2. The van der Waals surface area contributed by atoms with E-state index in [-0.39, 0.29) is 0 Å². The summed E-state index contributed by atoms with van der Waals surface area (Å²) in [7, 11) is 0. The summed E-state index contributed by atoms with van der Waals surface area (Å²) in [5.74, 6) is 0.697. The van der Waals surface area contributed by atoms with Crippen molar-refractivity contribution in [3.8, 4) is 11.6 Å². The van der Waals surface area contributed by atoms with E-state index in [2.05, 4.69) is 60.4 Å². The Labute approximate surface area is 154 Å².